The monoisotopic (exact) mass is 185 g/mol. The molecule has 63 valence electrons. The van der Waals surface area contributed by atoms with Crippen LogP contribution in [0.4, 0.5) is 0 Å². The normalized spacial score (nSPS) is 10.8. The molecule has 0 spiro atoms. The van der Waals surface area contributed by atoms with E-state index >= 15 is 0 Å². The first-order valence-electron chi connectivity index (χ1n) is 4.14. The highest BCUT2D eigenvalue weighted by Crippen LogP contribution is 2.12. The van der Waals surface area contributed by atoms with Crippen LogP contribution in [0.1, 0.15) is 10.4 Å². The van der Waals surface area contributed by atoms with Crippen LogP contribution in [0.3, 0.4) is 0 Å². The molecule has 0 unspecified atom stereocenters. The van der Waals surface area contributed by atoms with Crippen LogP contribution < -0.4 is 0 Å². The summed E-state index contributed by atoms with van der Waals surface area (Å²) in [5.74, 6) is 0. The molecular weight excluding hydrogens is 176 g/mol. The van der Waals surface area contributed by atoms with Crippen LogP contribution >= 0.6 is 11.3 Å². The number of rotatable bonds is 2. The lowest BCUT2D eigenvalue weighted by atomic mass is 10.2. The van der Waals surface area contributed by atoms with Crippen molar-refractivity contribution in [2.45, 2.75) is 0 Å². The van der Waals surface area contributed by atoms with E-state index in [0.29, 0.717) is 0 Å². The molecule has 0 saturated carbocycles. The van der Waals surface area contributed by atoms with Gasteiger partial charge < -0.3 is 0 Å². The third-order valence-electron chi connectivity index (χ3n) is 1.73. The summed E-state index contributed by atoms with van der Waals surface area (Å²) in [5.41, 5.74) is 1.23. The van der Waals surface area contributed by atoms with E-state index in [2.05, 4.69) is 35.7 Å². The van der Waals surface area contributed by atoms with Gasteiger partial charge in [0.25, 0.3) is 0 Å². The maximum absolute atomic E-state index is 3.06. The lowest BCUT2D eigenvalue weighted by Crippen LogP contribution is -1.67. The fourth-order valence-corrected chi connectivity index (χ4v) is 1.63. The van der Waals surface area contributed by atoms with Gasteiger partial charge in [-0.25, -0.2) is 0 Å². The summed E-state index contributed by atoms with van der Waals surface area (Å²) < 4.78 is 0. The fraction of sp³-hybridized carbons (Fsp3) is 0. The highest BCUT2D eigenvalue weighted by molar-refractivity contribution is 7.10. The smallest absolute Gasteiger partial charge is 0.0449 e. The molecule has 0 amide bonds. The second kappa shape index (κ2) is 4.06. The maximum Gasteiger partial charge on any atom is 0.0449 e. The minimum absolute atomic E-state index is 1.23. The van der Waals surface area contributed by atoms with Crippen LogP contribution in [0.25, 0.3) is 12.2 Å². The zero-order valence-corrected chi connectivity index (χ0v) is 7.92. The fourth-order valence-electron chi connectivity index (χ4n) is 1.08. The summed E-state index contributed by atoms with van der Waals surface area (Å²) in [6.07, 6.45) is 4.22. The summed E-state index contributed by atoms with van der Waals surface area (Å²) in [7, 11) is 0. The summed E-state index contributed by atoms with van der Waals surface area (Å²) in [6.45, 7) is 0. The molecule has 1 radical (unpaired) electrons. The molecule has 0 aliphatic carbocycles. The van der Waals surface area contributed by atoms with E-state index in [-0.39, 0.29) is 0 Å². The van der Waals surface area contributed by atoms with Gasteiger partial charge >= 0.3 is 0 Å². The Bertz CT molecular complexity index is 371. The second-order valence-corrected chi connectivity index (χ2v) is 3.61. The van der Waals surface area contributed by atoms with Crippen molar-refractivity contribution in [1.29, 1.82) is 0 Å². The molecule has 0 aliphatic heterocycles. The van der Waals surface area contributed by atoms with Crippen molar-refractivity contribution in [2.24, 2.45) is 0 Å². The van der Waals surface area contributed by atoms with Crippen LogP contribution in [-0.2, 0) is 0 Å². The first-order valence-corrected chi connectivity index (χ1v) is 4.96. The Morgan fingerprint density at radius 3 is 2.54 bits per heavy atom. The van der Waals surface area contributed by atoms with E-state index < -0.39 is 0 Å². The first-order chi connectivity index (χ1) is 6.45. The van der Waals surface area contributed by atoms with Gasteiger partial charge in [-0.2, -0.15) is 0 Å². The number of hydrogen-bond donors (Lipinski definition) is 0. The van der Waals surface area contributed by atoms with Gasteiger partial charge in [0.15, 0.2) is 0 Å². The Hall–Kier alpha value is -1.34. The first kappa shape index (κ1) is 8.27. The molecule has 1 aromatic heterocycles. The number of benzene rings is 1. The molecular formula is C12H9S. The molecule has 0 atom stereocenters. The zero-order valence-electron chi connectivity index (χ0n) is 7.10. The molecule has 13 heavy (non-hydrogen) atoms. The quantitative estimate of drug-likeness (QED) is 0.669. The molecule has 1 aromatic carbocycles. The molecule has 2 rings (SSSR count). The molecule has 2 aromatic rings. The van der Waals surface area contributed by atoms with E-state index in [0.717, 1.165) is 0 Å². The van der Waals surface area contributed by atoms with Gasteiger partial charge in [-0.3, -0.25) is 0 Å². The Labute approximate surface area is 82.2 Å². The van der Waals surface area contributed by atoms with Gasteiger partial charge in [-0.15, -0.1) is 11.3 Å². The van der Waals surface area contributed by atoms with Gasteiger partial charge in [-0.1, -0.05) is 36.4 Å². The van der Waals surface area contributed by atoms with Crippen molar-refractivity contribution in [3.63, 3.8) is 0 Å². The standard InChI is InChI=1S/C12H9S/c1-2-5-11(6-3-1)8-9-12-7-4-10-13-12/h1-9H. The van der Waals surface area contributed by atoms with Crippen molar-refractivity contribution in [1.82, 2.24) is 0 Å². The van der Waals surface area contributed by atoms with E-state index in [1.54, 1.807) is 11.3 Å². The largest absolute Gasteiger partial charge is 0.135 e. The third-order valence-corrected chi connectivity index (χ3v) is 2.49. The number of thiophene rings is 1. The molecule has 0 N–H and O–H groups in total. The van der Waals surface area contributed by atoms with Crippen LogP contribution in [-0.4, -0.2) is 0 Å². The molecule has 0 aliphatic rings. The Morgan fingerprint density at radius 1 is 1.00 bits per heavy atom. The van der Waals surface area contributed by atoms with Crippen LogP contribution in [0.2, 0.25) is 0 Å². The highest BCUT2D eigenvalue weighted by atomic mass is 32.1. The average Bonchev–Trinajstić information content (AvgIpc) is 2.69. The molecule has 0 nitrogen and oxygen atoms in total. The molecule has 0 fully saturated rings. The average molecular weight is 185 g/mol. The van der Waals surface area contributed by atoms with Gasteiger partial charge in [0, 0.05) is 10.3 Å². The summed E-state index contributed by atoms with van der Waals surface area (Å²) in [4.78, 5) is 1.24. The van der Waals surface area contributed by atoms with E-state index in [1.165, 1.54) is 10.4 Å². The summed E-state index contributed by atoms with van der Waals surface area (Å²) in [5, 5.41) is 3.06. The van der Waals surface area contributed by atoms with Crippen molar-refractivity contribution >= 4 is 23.5 Å². The zero-order chi connectivity index (χ0) is 8.93. The lowest BCUT2D eigenvalue weighted by molar-refractivity contribution is 1.67. The minimum Gasteiger partial charge on any atom is -0.135 e. The molecule has 0 bridgehead atoms. The van der Waals surface area contributed by atoms with Crippen molar-refractivity contribution < 1.29 is 0 Å². The van der Waals surface area contributed by atoms with Gasteiger partial charge in [-0.05, 0) is 23.8 Å². The highest BCUT2D eigenvalue weighted by Gasteiger charge is 1.86. The van der Waals surface area contributed by atoms with Crippen LogP contribution in [0.5, 0.6) is 0 Å². The summed E-state index contributed by atoms with van der Waals surface area (Å²) >= 11 is 1.63. The van der Waals surface area contributed by atoms with E-state index in [9.17, 15) is 0 Å². The van der Waals surface area contributed by atoms with Crippen molar-refractivity contribution in [2.75, 3.05) is 0 Å². The third kappa shape index (κ3) is 2.30. The van der Waals surface area contributed by atoms with E-state index in [4.69, 9.17) is 0 Å². The Kier molecular flexibility index (Phi) is 2.58. The predicted octanol–water partition coefficient (Wildman–Crippen LogP) is 3.72. The molecule has 1 heteroatoms. The second-order valence-electron chi connectivity index (χ2n) is 2.70. The Balaban J connectivity index is 2.15. The summed E-state index contributed by atoms with van der Waals surface area (Å²) in [6, 6.07) is 14.3. The Morgan fingerprint density at radius 2 is 1.85 bits per heavy atom. The maximum atomic E-state index is 3.06. The predicted molar refractivity (Wildman–Crippen MR) is 58.5 cm³/mol. The van der Waals surface area contributed by atoms with Gasteiger partial charge in [0.05, 0.1) is 0 Å². The van der Waals surface area contributed by atoms with Gasteiger partial charge in [0.2, 0.25) is 0 Å². The molecule has 1 heterocycles. The minimum atomic E-state index is 1.23. The topological polar surface area (TPSA) is 0 Å². The van der Waals surface area contributed by atoms with Gasteiger partial charge in [0.1, 0.15) is 0 Å². The van der Waals surface area contributed by atoms with Crippen molar-refractivity contribution in [3.8, 4) is 0 Å². The van der Waals surface area contributed by atoms with Crippen molar-refractivity contribution in [3.05, 3.63) is 58.3 Å². The van der Waals surface area contributed by atoms with Crippen LogP contribution in [0, 0.1) is 5.38 Å². The SMILES string of the molecule is [c]1ccc(C=Cc2ccccc2)s1. The molecule has 0 saturated heterocycles. The van der Waals surface area contributed by atoms with E-state index in [1.807, 2.05) is 24.3 Å². The number of hydrogen-bond acceptors (Lipinski definition) is 1. The lowest BCUT2D eigenvalue weighted by Gasteiger charge is -1.89. The van der Waals surface area contributed by atoms with Crippen LogP contribution in [0.15, 0.2) is 42.5 Å².